The fraction of sp³-hybridized carbons (Fsp3) is 0.522. The average Bonchev–Trinajstić information content (AvgIpc) is 3.04. The van der Waals surface area contributed by atoms with Crippen molar-refractivity contribution in [3.8, 4) is 11.5 Å². The van der Waals surface area contributed by atoms with Crippen molar-refractivity contribution >= 4 is 50.8 Å². The Labute approximate surface area is 201 Å². The second-order valence-corrected chi connectivity index (χ2v) is 9.66. The van der Waals surface area contributed by atoms with Crippen LogP contribution in [0.3, 0.4) is 0 Å². The third-order valence-corrected chi connectivity index (χ3v) is 6.90. The Morgan fingerprint density at radius 2 is 1.94 bits per heavy atom. The SMILES string of the molecule is CCOc1cc(/C=C2\SC(=O)N(CC(=O)N3CCCCC3)C2=O)cc(Br)c1O[C@@H](C)CC. The van der Waals surface area contributed by atoms with Gasteiger partial charge >= 0.3 is 0 Å². The molecule has 0 bridgehead atoms. The van der Waals surface area contributed by atoms with E-state index in [0.717, 1.165) is 42.3 Å². The van der Waals surface area contributed by atoms with Crippen LogP contribution in [-0.2, 0) is 9.59 Å². The first-order valence-corrected chi connectivity index (χ1v) is 12.6. The Kier molecular flexibility index (Phi) is 8.64. The lowest BCUT2D eigenvalue weighted by Gasteiger charge is -2.27. The first-order valence-electron chi connectivity index (χ1n) is 11.0. The first kappa shape index (κ1) is 24.6. The van der Waals surface area contributed by atoms with Crippen LogP contribution in [0.15, 0.2) is 21.5 Å². The number of amides is 3. The molecule has 0 unspecified atom stereocenters. The summed E-state index contributed by atoms with van der Waals surface area (Å²) in [5, 5.41) is -0.424. The topological polar surface area (TPSA) is 76.2 Å². The molecule has 1 aromatic rings. The lowest BCUT2D eigenvalue weighted by atomic mass is 10.1. The number of imide groups is 1. The second kappa shape index (κ2) is 11.2. The van der Waals surface area contributed by atoms with Crippen LogP contribution >= 0.6 is 27.7 Å². The molecule has 2 fully saturated rings. The highest BCUT2D eigenvalue weighted by Crippen LogP contribution is 2.40. The van der Waals surface area contributed by atoms with Gasteiger partial charge in [0.15, 0.2) is 11.5 Å². The summed E-state index contributed by atoms with van der Waals surface area (Å²) in [6, 6.07) is 3.62. The van der Waals surface area contributed by atoms with E-state index in [1.807, 2.05) is 26.8 Å². The molecule has 0 spiro atoms. The predicted octanol–water partition coefficient (Wildman–Crippen LogP) is 5.07. The van der Waals surface area contributed by atoms with Gasteiger partial charge in [0.25, 0.3) is 11.1 Å². The van der Waals surface area contributed by atoms with Crippen molar-refractivity contribution in [2.45, 2.75) is 52.6 Å². The molecule has 0 aromatic heterocycles. The lowest BCUT2D eigenvalue weighted by molar-refractivity contribution is -0.136. The summed E-state index contributed by atoms with van der Waals surface area (Å²) in [6.07, 6.45) is 5.54. The normalized spacial score (nSPS) is 18.9. The van der Waals surface area contributed by atoms with Crippen LogP contribution in [0.25, 0.3) is 6.08 Å². The third-order valence-electron chi connectivity index (χ3n) is 5.40. The van der Waals surface area contributed by atoms with Gasteiger partial charge in [-0.3, -0.25) is 19.3 Å². The molecule has 0 N–H and O–H groups in total. The molecular formula is C23H29BrN2O5S. The van der Waals surface area contributed by atoms with Crippen molar-refractivity contribution in [1.29, 1.82) is 0 Å². The van der Waals surface area contributed by atoms with Crippen LogP contribution in [0.4, 0.5) is 4.79 Å². The molecule has 3 rings (SSSR count). The van der Waals surface area contributed by atoms with E-state index in [1.165, 1.54) is 0 Å². The molecule has 174 valence electrons. The number of piperidine rings is 1. The van der Waals surface area contributed by atoms with E-state index < -0.39 is 11.1 Å². The van der Waals surface area contributed by atoms with Crippen LogP contribution in [0.5, 0.6) is 11.5 Å². The van der Waals surface area contributed by atoms with E-state index >= 15 is 0 Å². The van der Waals surface area contributed by atoms with Gasteiger partial charge in [0.2, 0.25) is 5.91 Å². The Bertz CT molecular complexity index is 914. The highest BCUT2D eigenvalue weighted by Gasteiger charge is 2.37. The molecule has 0 aliphatic carbocycles. The minimum absolute atomic E-state index is 0.0188. The number of halogens is 1. The average molecular weight is 525 g/mol. The standard InChI is InChI=1S/C23H29BrN2O5S/c1-4-15(3)31-21-17(24)11-16(12-18(21)30-5-2)13-19-22(28)26(23(29)32-19)14-20(27)25-9-7-6-8-10-25/h11-13,15H,4-10,14H2,1-3H3/b19-13-/t15-/m0/s1. The maximum Gasteiger partial charge on any atom is 0.294 e. The van der Waals surface area contributed by atoms with Crippen molar-refractivity contribution in [2.75, 3.05) is 26.2 Å². The fourth-order valence-electron chi connectivity index (χ4n) is 3.50. The number of carbonyl (C=O) groups excluding carboxylic acids is 3. The maximum absolute atomic E-state index is 12.9. The number of carbonyl (C=O) groups is 3. The number of benzene rings is 1. The van der Waals surface area contributed by atoms with Crippen LogP contribution in [-0.4, -0.2) is 59.2 Å². The van der Waals surface area contributed by atoms with Crippen LogP contribution < -0.4 is 9.47 Å². The molecule has 2 aliphatic rings. The van der Waals surface area contributed by atoms with E-state index in [9.17, 15) is 14.4 Å². The van der Waals surface area contributed by atoms with Gasteiger partial charge in [-0.05, 0) is 91.0 Å². The smallest absolute Gasteiger partial charge is 0.294 e. The maximum atomic E-state index is 12.9. The van der Waals surface area contributed by atoms with Crippen molar-refractivity contribution < 1.29 is 23.9 Å². The lowest BCUT2D eigenvalue weighted by Crippen LogP contribution is -2.44. The third kappa shape index (κ3) is 5.86. The molecule has 2 aliphatic heterocycles. The molecule has 0 saturated carbocycles. The first-order chi connectivity index (χ1) is 15.3. The van der Waals surface area contributed by atoms with Gasteiger partial charge in [-0.25, -0.2) is 0 Å². The van der Waals surface area contributed by atoms with Gasteiger partial charge < -0.3 is 14.4 Å². The summed E-state index contributed by atoms with van der Waals surface area (Å²) >= 11 is 4.39. The van der Waals surface area contributed by atoms with Gasteiger partial charge in [0.1, 0.15) is 6.54 Å². The molecule has 2 saturated heterocycles. The Balaban J connectivity index is 1.79. The van der Waals surface area contributed by atoms with E-state index in [-0.39, 0.29) is 23.5 Å². The summed E-state index contributed by atoms with van der Waals surface area (Å²) in [5.41, 5.74) is 0.699. The Morgan fingerprint density at radius 1 is 1.22 bits per heavy atom. The number of thioether (sulfide) groups is 1. The number of nitrogens with zero attached hydrogens (tertiary/aromatic N) is 2. The molecular weight excluding hydrogens is 496 g/mol. The van der Waals surface area contributed by atoms with Crippen molar-refractivity contribution in [3.05, 3.63) is 27.1 Å². The zero-order valence-electron chi connectivity index (χ0n) is 18.7. The highest BCUT2D eigenvalue weighted by atomic mass is 79.9. The summed E-state index contributed by atoms with van der Waals surface area (Å²) in [7, 11) is 0. The molecule has 7 nitrogen and oxygen atoms in total. The summed E-state index contributed by atoms with van der Waals surface area (Å²) in [4.78, 5) is 40.9. The number of ether oxygens (including phenoxy) is 2. The van der Waals surface area contributed by atoms with Crippen LogP contribution in [0, 0.1) is 0 Å². The minimum atomic E-state index is -0.445. The Hall–Kier alpha value is -2.00. The monoisotopic (exact) mass is 524 g/mol. The zero-order valence-corrected chi connectivity index (χ0v) is 21.1. The number of hydrogen-bond donors (Lipinski definition) is 0. The zero-order chi connectivity index (χ0) is 23.3. The molecule has 9 heteroatoms. The molecule has 0 radical (unpaired) electrons. The second-order valence-electron chi connectivity index (χ2n) is 7.81. The van der Waals surface area contributed by atoms with Gasteiger partial charge in [0, 0.05) is 13.1 Å². The van der Waals surface area contributed by atoms with Crippen molar-refractivity contribution in [3.63, 3.8) is 0 Å². The number of likely N-dealkylation sites (tertiary alicyclic amines) is 1. The quantitative estimate of drug-likeness (QED) is 0.441. The Morgan fingerprint density at radius 3 is 2.59 bits per heavy atom. The number of hydrogen-bond acceptors (Lipinski definition) is 6. The van der Waals surface area contributed by atoms with Crippen LogP contribution in [0.2, 0.25) is 0 Å². The van der Waals surface area contributed by atoms with Gasteiger partial charge in [-0.2, -0.15) is 0 Å². The van der Waals surface area contributed by atoms with Gasteiger partial charge in [-0.1, -0.05) is 6.92 Å². The molecule has 3 amide bonds. The highest BCUT2D eigenvalue weighted by molar-refractivity contribution is 9.10. The minimum Gasteiger partial charge on any atom is -0.490 e. The molecule has 1 atom stereocenters. The molecule has 1 aromatic carbocycles. The summed E-state index contributed by atoms with van der Waals surface area (Å²) in [5.74, 6) is 0.548. The molecule has 2 heterocycles. The van der Waals surface area contributed by atoms with Crippen molar-refractivity contribution in [1.82, 2.24) is 9.80 Å². The molecule has 32 heavy (non-hydrogen) atoms. The van der Waals surface area contributed by atoms with E-state index in [1.54, 1.807) is 17.0 Å². The van der Waals surface area contributed by atoms with E-state index in [2.05, 4.69) is 15.9 Å². The summed E-state index contributed by atoms with van der Waals surface area (Å²) in [6.45, 7) is 7.53. The van der Waals surface area contributed by atoms with E-state index in [0.29, 0.717) is 41.2 Å². The van der Waals surface area contributed by atoms with Gasteiger partial charge in [-0.15, -0.1) is 0 Å². The number of rotatable bonds is 8. The fourth-order valence-corrected chi connectivity index (χ4v) is 4.89. The van der Waals surface area contributed by atoms with E-state index in [4.69, 9.17) is 9.47 Å². The van der Waals surface area contributed by atoms with Crippen molar-refractivity contribution in [2.24, 2.45) is 0 Å². The largest absolute Gasteiger partial charge is 0.490 e. The predicted molar refractivity (Wildman–Crippen MR) is 129 cm³/mol. The van der Waals surface area contributed by atoms with Crippen LogP contribution in [0.1, 0.15) is 52.0 Å². The van der Waals surface area contributed by atoms with Gasteiger partial charge in [0.05, 0.1) is 22.1 Å². The summed E-state index contributed by atoms with van der Waals surface area (Å²) < 4.78 is 12.4.